The Morgan fingerprint density at radius 3 is 2.76 bits per heavy atom. The van der Waals surface area contributed by atoms with Crippen LogP contribution in [0.25, 0.3) is 10.9 Å². The maximum Gasteiger partial charge on any atom is 0.261 e. The Morgan fingerprint density at radius 2 is 1.93 bits per heavy atom. The van der Waals surface area contributed by atoms with Crippen molar-refractivity contribution in [1.29, 1.82) is 0 Å². The molecule has 0 atom stereocenters. The van der Waals surface area contributed by atoms with Crippen molar-refractivity contribution in [3.63, 3.8) is 0 Å². The quantitative estimate of drug-likeness (QED) is 0.555. The van der Waals surface area contributed by atoms with E-state index in [1.54, 1.807) is 4.57 Å². The van der Waals surface area contributed by atoms with E-state index in [1.807, 2.05) is 43.3 Å². The molecule has 1 spiro atoms. The van der Waals surface area contributed by atoms with E-state index < -0.39 is 5.79 Å². The third-order valence-electron chi connectivity index (χ3n) is 5.52. The lowest BCUT2D eigenvalue weighted by atomic mass is 10.1. The second-order valence-corrected chi connectivity index (χ2v) is 7.49. The Kier molecular flexibility index (Phi) is 4.42. The van der Waals surface area contributed by atoms with E-state index >= 15 is 0 Å². The molecule has 0 unspecified atom stereocenters. The number of rotatable bonds is 0. The monoisotopic (exact) mass is 387 g/mol. The fourth-order valence-electron chi connectivity index (χ4n) is 4.01. The first-order chi connectivity index (χ1) is 14.1. The SMILES string of the molecule is Cc1cccc(C#Cc2ccc3c(=O)n4c(nc3c2)CCC2(CC4)OCCO2)n1. The lowest BCUT2D eigenvalue weighted by Gasteiger charge is -2.24. The van der Waals surface area contributed by atoms with Gasteiger partial charge in [0.05, 0.1) is 24.1 Å². The summed E-state index contributed by atoms with van der Waals surface area (Å²) in [6, 6.07) is 11.3. The highest BCUT2D eigenvalue weighted by molar-refractivity contribution is 5.79. The number of pyridine rings is 1. The van der Waals surface area contributed by atoms with Crippen LogP contribution in [-0.2, 0) is 22.4 Å². The van der Waals surface area contributed by atoms with E-state index in [0.29, 0.717) is 49.9 Å². The molecule has 2 aromatic heterocycles. The fraction of sp³-hybridized carbons (Fsp3) is 0.348. The molecule has 0 saturated carbocycles. The van der Waals surface area contributed by atoms with Gasteiger partial charge in [0, 0.05) is 37.1 Å². The first-order valence-corrected chi connectivity index (χ1v) is 9.89. The van der Waals surface area contributed by atoms with Crippen LogP contribution in [0.15, 0.2) is 41.2 Å². The summed E-state index contributed by atoms with van der Waals surface area (Å²) < 4.78 is 13.5. The number of benzene rings is 1. The predicted molar refractivity (Wildman–Crippen MR) is 109 cm³/mol. The molecule has 5 rings (SSSR count). The van der Waals surface area contributed by atoms with Gasteiger partial charge in [0.15, 0.2) is 5.79 Å². The summed E-state index contributed by atoms with van der Waals surface area (Å²) in [6.45, 7) is 3.71. The molecule has 146 valence electrons. The second-order valence-electron chi connectivity index (χ2n) is 7.49. The highest BCUT2D eigenvalue weighted by Crippen LogP contribution is 2.31. The van der Waals surface area contributed by atoms with Crippen LogP contribution in [0, 0.1) is 18.8 Å². The van der Waals surface area contributed by atoms with E-state index in [-0.39, 0.29) is 5.56 Å². The topological polar surface area (TPSA) is 66.2 Å². The van der Waals surface area contributed by atoms with Crippen molar-refractivity contribution in [2.75, 3.05) is 13.2 Å². The first kappa shape index (κ1) is 18.0. The molecular weight excluding hydrogens is 366 g/mol. The van der Waals surface area contributed by atoms with Crippen molar-refractivity contribution in [2.24, 2.45) is 0 Å². The van der Waals surface area contributed by atoms with Crippen molar-refractivity contribution in [3.05, 3.63) is 69.5 Å². The van der Waals surface area contributed by atoms with Crippen molar-refractivity contribution >= 4 is 10.9 Å². The van der Waals surface area contributed by atoms with Crippen LogP contribution in [0.2, 0.25) is 0 Å². The zero-order valence-electron chi connectivity index (χ0n) is 16.3. The Morgan fingerprint density at radius 1 is 1.07 bits per heavy atom. The molecule has 0 aliphatic carbocycles. The zero-order valence-corrected chi connectivity index (χ0v) is 16.3. The average Bonchev–Trinajstić information content (AvgIpc) is 3.11. The molecule has 29 heavy (non-hydrogen) atoms. The van der Waals surface area contributed by atoms with Gasteiger partial charge < -0.3 is 9.47 Å². The van der Waals surface area contributed by atoms with Crippen molar-refractivity contribution in [3.8, 4) is 11.8 Å². The summed E-state index contributed by atoms with van der Waals surface area (Å²) in [5.41, 5.74) is 3.13. The van der Waals surface area contributed by atoms with Crippen LogP contribution in [-0.4, -0.2) is 33.5 Å². The van der Waals surface area contributed by atoms with Gasteiger partial charge >= 0.3 is 0 Å². The van der Waals surface area contributed by atoms with E-state index in [0.717, 1.165) is 22.8 Å². The lowest BCUT2D eigenvalue weighted by Crippen LogP contribution is -2.31. The van der Waals surface area contributed by atoms with Gasteiger partial charge in [-0.05, 0) is 43.2 Å². The molecule has 0 bridgehead atoms. The minimum Gasteiger partial charge on any atom is -0.347 e. The molecule has 6 nitrogen and oxygen atoms in total. The molecule has 1 aromatic carbocycles. The lowest BCUT2D eigenvalue weighted by molar-refractivity contribution is -0.165. The van der Waals surface area contributed by atoms with E-state index in [2.05, 4.69) is 16.8 Å². The normalized spacial score (nSPS) is 17.6. The van der Waals surface area contributed by atoms with E-state index in [1.165, 1.54) is 0 Å². The summed E-state index contributed by atoms with van der Waals surface area (Å²) in [4.78, 5) is 22.2. The third-order valence-corrected chi connectivity index (χ3v) is 5.52. The number of ether oxygens (including phenoxy) is 2. The number of hydrogen-bond acceptors (Lipinski definition) is 5. The van der Waals surface area contributed by atoms with E-state index in [4.69, 9.17) is 14.5 Å². The van der Waals surface area contributed by atoms with Gasteiger partial charge in [-0.15, -0.1) is 0 Å². The number of nitrogens with zero attached hydrogens (tertiary/aromatic N) is 3. The summed E-state index contributed by atoms with van der Waals surface area (Å²) in [5, 5.41) is 0.609. The van der Waals surface area contributed by atoms with Crippen LogP contribution < -0.4 is 5.56 Å². The Bertz CT molecular complexity index is 1210. The summed E-state index contributed by atoms with van der Waals surface area (Å²) >= 11 is 0. The van der Waals surface area contributed by atoms with Crippen LogP contribution in [0.3, 0.4) is 0 Å². The van der Waals surface area contributed by atoms with Crippen LogP contribution in [0.4, 0.5) is 0 Å². The molecule has 0 amide bonds. The van der Waals surface area contributed by atoms with Crippen LogP contribution in [0.1, 0.15) is 35.6 Å². The summed E-state index contributed by atoms with van der Waals surface area (Å²) in [5.74, 6) is 6.43. The fourth-order valence-corrected chi connectivity index (χ4v) is 4.01. The minimum absolute atomic E-state index is 0.0140. The smallest absolute Gasteiger partial charge is 0.261 e. The molecular formula is C23H21N3O3. The summed E-state index contributed by atoms with van der Waals surface area (Å²) in [7, 11) is 0. The minimum atomic E-state index is -0.566. The predicted octanol–water partition coefficient (Wildman–Crippen LogP) is 2.58. The van der Waals surface area contributed by atoms with Crippen molar-refractivity contribution in [1.82, 2.24) is 14.5 Å². The maximum absolute atomic E-state index is 13.1. The molecule has 6 heteroatoms. The second kappa shape index (κ2) is 7.11. The number of aryl methyl sites for hydroxylation is 2. The van der Waals surface area contributed by atoms with Gasteiger partial charge in [-0.1, -0.05) is 12.0 Å². The van der Waals surface area contributed by atoms with Gasteiger partial charge in [0.2, 0.25) is 0 Å². The first-order valence-electron chi connectivity index (χ1n) is 9.89. The van der Waals surface area contributed by atoms with Gasteiger partial charge in [0.1, 0.15) is 11.5 Å². The number of aromatic nitrogens is 3. The standard InChI is InChI=1S/C23H21N3O3/c1-16-3-2-4-18(24-16)7-5-17-6-8-19-20(15-17)25-21-9-10-23(28-13-14-29-23)11-12-26(21)22(19)27/h2-4,6,8,15H,9-14H2,1H3. The Labute approximate surface area is 168 Å². The molecule has 4 heterocycles. The van der Waals surface area contributed by atoms with Crippen molar-refractivity contribution in [2.45, 2.75) is 38.5 Å². The van der Waals surface area contributed by atoms with Gasteiger partial charge in [-0.3, -0.25) is 9.36 Å². The average molecular weight is 387 g/mol. The largest absolute Gasteiger partial charge is 0.347 e. The van der Waals surface area contributed by atoms with Gasteiger partial charge in [-0.25, -0.2) is 9.97 Å². The van der Waals surface area contributed by atoms with Crippen LogP contribution in [0.5, 0.6) is 0 Å². The molecule has 2 aliphatic heterocycles. The third kappa shape index (κ3) is 3.44. The number of fused-ring (bicyclic) bond motifs is 2. The maximum atomic E-state index is 13.1. The molecule has 2 aliphatic rings. The Hall–Kier alpha value is -3.01. The van der Waals surface area contributed by atoms with Crippen molar-refractivity contribution < 1.29 is 9.47 Å². The Balaban J connectivity index is 1.51. The molecule has 1 saturated heterocycles. The molecule has 1 fully saturated rings. The van der Waals surface area contributed by atoms with Gasteiger partial charge in [-0.2, -0.15) is 0 Å². The molecule has 0 N–H and O–H groups in total. The van der Waals surface area contributed by atoms with Crippen LogP contribution >= 0.6 is 0 Å². The zero-order chi connectivity index (χ0) is 19.8. The number of hydrogen-bond donors (Lipinski definition) is 0. The van der Waals surface area contributed by atoms with Gasteiger partial charge in [0.25, 0.3) is 5.56 Å². The molecule has 0 radical (unpaired) electrons. The molecule has 3 aromatic rings. The highest BCUT2D eigenvalue weighted by atomic mass is 16.7. The summed E-state index contributed by atoms with van der Waals surface area (Å²) in [6.07, 6.45) is 2.03. The highest BCUT2D eigenvalue weighted by Gasteiger charge is 2.38. The van der Waals surface area contributed by atoms with E-state index in [9.17, 15) is 4.79 Å².